The van der Waals surface area contributed by atoms with Gasteiger partial charge in [0.15, 0.2) is 5.78 Å². The standard InChI is InChI=1S/C15H21NO2/c1-4-6-11-8-13(10(3)17)9-12(7-5-2)14(11)15(16)18/h8-9H,4-7H2,1-3H3,(H2,16,18). The lowest BCUT2D eigenvalue weighted by molar-refractivity contribution is 0.0991. The van der Waals surface area contributed by atoms with Crippen LogP contribution in [-0.4, -0.2) is 11.7 Å². The monoisotopic (exact) mass is 247 g/mol. The first-order chi connectivity index (χ1) is 8.51. The fourth-order valence-corrected chi connectivity index (χ4v) is 2.22. The minimum Gasteiger partial charge on any atom is -0.366 e. The predicted octanol–water partition coefficient (Wildman–Crippen LogP) is 2.89. The Hall–Kier alpha value is -1.64. The summed E-state index contributed by atoms with van der Waals surface area (Å²) >= 11 is 0. The second-order valence-corrected chi connectivity index (χ2v) is 4.59. The first-order valence-electron chi connectivity index (χ1n) is 6.47. The van der Waals surface area contributed by atoms with Crippen LogP contribution in [0.4, 0.5) is 0 Å². The van der Waals surface area contributed by atoms with Gasteiger partial charge >= 0.3 is 0 Å². The molecular weight excluding hydrogens is 226 g/mol. The molecule has 0 atom stereocenters. The van der Waals surface area contributed by atoms with E-state index in [4.69, 9.17) is 5.73 Å². The number of aryl methyl sites for hydroxylation is 2. The van der Waals surface area contributed by atoms with Crippen LogP contribution in [0, 0.1) is 0 Å². The van der Waals surface area contributed by atoms with Gasteiger partial charge < -0.3 is 5.73 Å². The zero-order chi connectivity index (χ0) is 13.7. The van der Waals surface area contributed by atoms with E-state index < -0.39 is 5.91 Å². The summed E-state index contributed by atoms with van der Waals surface area (Å²) in [7, 11) is 0. The highest BCUT2D eigenvalue weighted by Crippen LogP contribution is 2.21. The third-order valence-corrected chi connectivity index (χ3v) is 2.99. The smallest absolute Gasteiger partial charge is 0.249 e. The molecule has 1 rings (SSSR count). The second kappa shape index (κ2) is 6.34. The van der Waals surface area contributed by atoms with E-state index in [1.165, 1.54) is 0 Å². The predicted molar refractivity (Wildman–Crippen MR) is 73.0 cm³/mol. The van der Waals surface area contributed by atoms with Crippen molar-refractivity contribution >= 4 is 11.7 Å². The average Bonchev–Trinajstić information content (AvgIpc) is 2.28. The molecule has 0 heterocycles. The number of rotatable bonds is 6. The minimum absolute atomic E-state index is 0.0285. The molecule has 3 heteroatoms. The van der Waals surface area contributed by atoms with Crippen LogP contribution in [0.3, 0.4) is 0 Å². The summed E-state index contributed by atoms with van der Waals surface area (Å²) in [6, 6.07) is 3.62. The Labute approximate surface area is 108 Å². The number of amides is 1. The summed E-state index contributed by atoms with van der Waals surface area (Å²) in [5, 5.41) is 0. The number of hydrogen-bond acceptors (Lipinski definition) is 2. The third kappa shape index (κ3) is 3.19. The molecule has 0 saturated carbocycles. The summed E-state index contributed by atoms with van der Waals surface area (Å²) in [4.78, 5) is 23.1. The van der Waals surface area contributed by atoms with Gasteiger partial charge in [0, 0.05) is 11.1 Å². The van der Waals surface area contributed by atoms with Gasteiger partial charge in [0.25, 0.3) is 0 Å². The highest BCUT2D eigenvalue weighted by Gasteiger charge is 2.16. The number of nitrogens with two attached hydrogens (primary N) is 1. The molecule has 2 N–H and O–H groups in total. The van der Waals surface area contributed by atoms with Crippen molar-refractivity contribution < 1.29 is 9.59 Å². The molecule has 18 heavy (non-hydrogen) atoms. The molecule has 1 aromatic rings. The molecule has 0 fully saturated rings. The zero-order valence-corrected chi connectivity index (χ0v) is 11.4. The Morgan fingerprint density at radius 3 is 1.78 bits per heavy atom. The van der Waals surface area contributed by atoms with Crippen LogP contribution in [0.1, 0.15) is 65.5 Å². The van der Waals surface area contributed by atoms with E-state index in [0.717, 1.165) is 36.8 Å². The number of ketones is 1. The van der Waals surface area contributed by atoms with Crippen LogP contribution in [0.25, 0.3) is 0 Å². The van der Waals surface area contributed by atoms with Gasteiger partial charge in [-0.15, -0.1) is 0 Å². The van der Waals surface area contributed by atoms with Crippen molar-refractivity contribution in [3.63, 3.8) is 0 Å². The topological polar surface area (TPSA) is 60.2 Å². The number of carbonyl (C=O) groups is 2. The van der Waals surface area contributed by atoms with Gasteiger partial charge in [-0.3, -0.25) is 9.59 Å². The molecule has 0 aliphatic heterocycles. The van der Waals surface area contributed by atoms with E-state index >= 15 is 0 Å². The quantitative estimate of drug-likeness (QED) is 0.786. The zero-order valence-electron chi connectivity index (χ0n) is 11.4. The van der Waals surface area contributed by atoms with E-state index in [2.05, 4.69) is 0 Å². The van der Waals surface area contributed by atoms with Gasteiger partial charge in [-0.05, 0) is 43.0 Å². The maximum absolute atomic E-state index is 11.6. The van der Waals surface area contributed by atoms with E-state index in [9.17, 15) is 9.59 Å². The van der Waals surface area contributed by atoms with Gasteiger partial charge in [0.05, 0.1) is 0 Å². The van der Waals surface area contributed by atoms with E-state index in [1.54, 1.807) is 6.92 Å². The van der Waals surface area contributed by atoms with Crippen molar-refractivity contribution in [3.05, 3.63) is 34.4 Å². The SMILES string of the molecule is CCCc1cc(C(C)=O)cc(CCC)c1C(N)=O. The van der Waals surface area contributed by atoms with Crippen LogP contribution in [0.15, 0.2) is 12.1 Å². The molecule has 0 aromatic heterocycles. The molecule has 0 spiro atoms. The summed E-state index contributed by atoms with van der Waals surface area (Å²) < 4.78 is 0. The van der Waals surface area contributed by atoms with E-state index in [-0.39, 0.29) is 5.78 Å². The number of Topliss-reactive ketones (excluding diaryl/α,β-unsaturated/α-hetero) is 1. The molecule has 0 saturated heterocycles. The fraction of sp³-hybridized carbons (Fsp3) is 0.467. The van der Waals surface area contributed by atoms with Crippen molar-refractivity contribution in [2.24, 2.45) is 5.73 Å². The molecule has 98 valence electrons. The maximum Gasteiger partial charge on any atom is 0.249 e. The van der Waals surface area contributed by atoms with E-state index in [0.29, 0.717) is 11.1 Å². The van der Waals surface area contributed by atoms with Crippen LogP contribution < -0.4 is 5.73 Å². The van der Waals surface area contributed by atoms with Crippen molar-refractivity contribution in [2.75, 3.05) is 0 Å². The molecule has 0 bridgehead atoms. The molecule has 0 aliphatic rings. The van der Waals surface area contributed by atoms with Crippen LogP contribution in [-0.2, 0) is 12.8 Å². The van der Waals surface area contributed by atoms with Gasteiger partial charge in [-0.2, -0.15) is 0 Å². The second-order valence-electron chi connectivity index (χ2n) is 4.59. The lowest BCUT2D eigenvalue weighted by atomic mass is 9.91. The van der Waals surface area contributed by atoms with Gasteiger partial charge in [0.2, 0.25) is 5.91 Å². The van der Waals surface area contributed by atoms with Gasteiger partial charge in [0.1, 0.15) is 0 Å². The summed E-state index contributed by atoms with van der Waals surface area (Å²) in [6.07, 6.45) is 3.40. The Bertz CT molecular complexity index is 437. The molecule has 0 aliphatic carbocycles. The Kier molecular flexibility index (Phi) is 5.08. The van der Waals surface area contributed by atoms with Crippen LogP contribution in [0.2, 0.25) is 0 Å². The van der Waals surface area contributed by atoms with Crippen molar-refractivity contribution in [3.8, 4) is 0 Å². The van der Waals surface area contributed by atoms with Gasteiger partial charge in [-0.25, -0.2) is 0 Å². The van der Waals surface area contributed by atoms with Crippen molar-refractivity contribution in [1.29, 1.82) is 0 Å². The number of benzene rings is 1. The van der Waals surface area contributed by atoms with Gasteiger partial charge in [-0.1, -0.05) is 26.7 Å². The fourth-order valence-electron chi connectivity index (χ4n) is 2.22. The highest BCUT2D eigenvalue weighted by molar-refractivity contribution is 5.99. The lowest BCUT2D eigenvalue weighted by Crippen LogP contribution is -2.18. The van der Waals surface area contributed by atoms with Crippen molar-refractivity contribution in [1.82, 2.24) is 0 Å². The molecule has 0 radical (unpaired) electrons. The number of hydrogen-bond donors (Lipinski definition) is 1. The van der Waals surface area contributed by atoms with Crippen LogP contribution >= 0.6 is 0 Å². The summed E-state index contributed by atoms with van der Waals surface area (Å²) in [5.41, 5.74) is 8.57. The molecule has 3 nitrogen and oxygen atoms in total. The molecule has 1 amide bonds. The average molecular weight is 247 g/mol. The lowest BCUT2D eigenvalue weighted by Gasteiger charge is -2.13. The molecule has 0 unspecified atom stereocenters. The molecule has 1 aromatic carbocycles. The Balaban J connectivity index is 3.43. The third-order valence-electron chi connectivity index (χ3n) is 2.99. The summed E-state index contributed by atoms with van der Waals surface area (Å²) in [5.74, 6) is -0.363. The highest BCUT2D eigenvalue weighted by atomic mass is 16.1. The summed E-state index contributed by atoms with van der Waals surface area (Å²) in [6.45, 7) is 5.64. The maximum atomic E-state index is 11.6. The van der Waals surface area contributed by atoms with E-state index in [1.807, 2.05) is 26.0 Å². The number of primary amides is 1. The normalized spacial score (nSPS) is 10.4. The van der Waals surface area contributed by atoms with Crippen LogP contribution in [0.5, 0.6) is 0 Å². The minimum atomic E-state index is -0.392. The largest absolute Gasteiger partial charge is 0.366 e. The first kappa shape index (κ1) is 14.4. The Morgan fingerprint density at radius 1 is 1.06 bits per heavy atom. The number of carbonyl (C=O) groups excluding carboxylic acids is 2. The van der Waals surface area contributed by atoms with Crippen molar-refractivity contribution in [2.45, 2.75) is 46.5 Å². The molecular formula is C15H21NO2. The Morgan fingerprint density at radius 2 is 1.50 bits per heavy atom. The first-order valence-corrected chi connectivity index (χ1v) is 6.47.